The average molecular weight is 447 g/mol. The molecule has 1 aliphatic rings. The maximum absolute atomic E-state index is 6.08. The summed E-state index contributed by atoms with van der Waals surface area (Å²) in [6.07, 6.45) is 0. The molecule has 0 saturated carbocycles. The van der Waals surface area contributed by atoms with Gasteiger partial charge >= 0.3 is 6.01 Å². The number of morpholine rings is 1. The third kappa shape index (κ3) is 4.25. The highest BCUT2D eigenvalue weighted by Gasteiger charge is 2.18. The summed E-state index contributed by atoms with van der Waals surface area (Å²) in [7, 11) is 0. The van der Waals surface area contributed by atoms with Gasteiger partial charge in [0.1, 0.15) is 9.88 Å². The molecule has 32 heavy (non-hydrogen) atoms. The van der Waals surface area contributed by atoms with E-state index >= 15 is 0 Å². The molecular weight excluding hydrogens is 424 g/mol. The van der Waals surface area contributed by atoms with Crippen LogP contribution in [0.15, 0.2) is 64.0 Å². The van der Waals surface area contributed by atoms with Crippen molar-refractivity contribution in [2.24, 2.45) is 10.7 Å². The van der Waals surface area contributed by atoms with Gasteiger partial charge in [-0.1, -0.05) is 59.7 Å². The molecule has 2 aromatic heterocycles. The van der Waals surface area contributed by atoms with Crippen LogP contribution in [0, 0.1) is 6.92 Å². The minimum Gasteiger partial charge on any atom is -0.401 e. The molecule has 1 saturated heterocycles. The van der Waals surface area contributed by atoms with Gasteiger partial charge in [-0.05, 0) is 18.1 Å². The maximum Gasteiger partial charge on any atom is 0.346 e. The number of hydrogen-bond donors (Lipinski definition) is 1. The molecule has 5 rings (SSSR count). The lowest BCUT2D eigenvalue weighted by Gasteiger charge is -2.27. The molecular formula is C23H22N6O2S. The van der Waals surface area contributed by atoms with Crippen LogP contribution in [0.3, 0.4) is 0 Å². The van der Waals surface area contributed by atoms with Gasteiger partial charge in [-0.2, -0.15) is 4.99 Å². The molecule has 9 heteroatoms. The Labute approximate surface area is 189 Å². The van der Waals surface area contributed by atoms with Gasteiger partial charge in [-0.15, -0.1) is 16.4 Å². The summed E-state index contributed by atoms with van der Waals surface area (Å²) in [5.74, 6) is 0.740. The van der Waals surface area contributed by atoms with E-state index < -0.39 is 0 Å². The van der Waals surface area contributed by atoms with Crippen molar-refractivity contribution >= 4 is 23.3 Å². The van der Waals surface area contributed by atoms with E-state index in [-0.39, 0.29) is 6.01 Å². The molecule has 0 aliphatic carbocycles. The quantitative estimate of drug-likeness (QED) is 0.372. The van der Waals surface area contributed by atoms with Gasteiger partial charge in [0.2, 0.25) is 5.96 Å². The molecule has 4 aromatic rings. The number of ether oxygens (including phenoxy) is 1. The monoisotopic (exact) mass is 446 g/mol. The van der Waals surface area contributed by atoms with Crippen molar-refractivity contribution in [1.29, 1.82) is 0 Å². The van der Waals surface area contributed by atoms with E-state index in [1.54, 1.807) is 0 Å². The average Bonchev–Trinajstić information content (AvgIpc) is 3.46. The second-order valence-electron chi connectivity index (χ2n) is 7.34. The topological polar surface area (TPSA) is 103 Å². The second-order valence-corrected chi connectivity index (χ2v) is 8.34. The standard InChI is InChI=1S/C23H22N6O2S/c1-15-19(20-27-28-23(31-20)26-22(24)29-11-13-30-14-12-29)32-21(25-15)18-9-7-17(8-10-18)16-5-3-2-4-6-16/h2-10H,11-14H2,1H3,(H2,24,26,28). The Morgan fingerprint density at radius 3 is 2.41 bits per heavy atom. The van der Waals surface area contributed by atoms with E-state index in [1.807, 2.05) is 30.0 Å². The number of rotatable bonds is 4. The van der Waals surface area contributed by atoms with Gasteiger partial charge < -0.3 is 19.8 Å². The van der Waals surface area contributed by atoms with Crippen molar-refractivity contribution in [2.75, 3.05) is 26.3 Å². The highest BCUT2D eigenvalue weighted by Crippen LogP contribution is 2.36. The van der Waals surface area contributed by atoms with Crippen molar-refractivity contribution in [1.82, 2.24) is 20.1 Å². The summed E-state index contributed by atoms with van der Waals surface area (Å²) in [4.78, 5) is 11.7. The first-order valence-electron chi connectivity index (χ1n) is 10.3. The van der Waals surface area contributed by atoms with Crippen molar-refractivity contribution in [3.05, 3.63) is 60.3 Å². The van der Waals surface area contributed by atoms with E-state index in [0.29, 0.717) is 38.2 Å². The lowest BCUT2D eigenvalue weighted by Crippen LogP contribution is -2.44. The van der Waals surface area contributed by atoms with Crippen LogP contribution in [-0.4, -0.2) is 52.3 Å². The maximum atomic E-state index is 6.08. The number of thiazole rings is 1. The molecule has 2 N–H and O–H groups in total. The van der Waals surface area contributed by atoms with Crippen LogP contribution in [0.1, 0.15) is 5.69 Å². The lowest BCUT2D eigenvalue weighted by atomic mass is 10.0. The van der Waals surface area contributed by atoms with Gasteiger partial charge in [-0.3, -0.25) is 0 Å². The van der Waals surface area contributed by atoms with Crippen molar-refractivity contribution in [3.63, 3.8) is 0 Å². The van der Waals surface area contributed by atoms with Gasteiger partial charge in [0, 0.05) is 18.7 Å². The molecule has 0 radical (unpaired) electrons. The molecule has 0 unspecified atom stereocenters. The Morgan fingerprint density at radius 2 is 1.66 bits per heavy atom. The number of nitrogens with zero attached hydrogens (tertiary/aromatic N) is 5. The SMILES string of the molecule is Cc1nc(-c2ccc(-c3ccccc3)cc2)sc1-c1nnc(/N=C(\N)N2CCOCC2)o1. The molecule has 0 atom stereocenters. The molecule has 162 valence electrons. The lowest BCUT2D eigenvalue weighted by molar-refractivity contribution is 0.0675. The first-order chi connectivity index (χ1) is 15.7. The summed E-state index contributed by atoms with van der Waals surface area (Å²) in [5, 5.41) is 9.08. The molecule has 3 heterocycles. The summed E-state index contributed by atoms with van der Waals surface area (Å²) in [5.41, 5.74) is 10.3. The van der Waals surface area contributed by atoms with Crippen LogP contribution in [0.25, 0.3) is 32.5 Å². The molecule has 0 spiro atoms. The highest BCUT2D eigenvalue weighted by molar-refractivity contribution is 7.18. The Kier molecular flexibility index (Phi) is 5.66. The van der Waals surface area contributed by atoms with Crippen LogP contribution in [-0.2, 0) is 4.74 Å². The minimum atomic E-state index is 0.130. The van der Waals surface area contributed by atoms with E-state index in [9.17, 15) is 0 Å². The number of guanidine groups is 1. The molecule has 1 fully saturated rings. The van der Waals surface area contributed by atoms with E-state index in [4.69, 9.17) is 19.9 Å². The Morgan fingerprint density at radius 1 is 0.969 bits per heavy atom. The summed E-state index contributed by atoms with van der Waals surface area (Å²) >= 11 is 1.51. The Bertz CT molecular complexity index is 1230. The van der Waals surface area contributed by atoms with Crippen molar-refractivity contribution in [3.8, 4) is 32.5 Å². The Balaban J connectivity index is 1.36. The van der Waals surface area contributed by atoms with Crippen molar-refractivity contribution in [2.45, 2.75) is 6.92 Å². The molecule has 2 aromatic carbocycles. The van der Waals surface area contributed by atoms with Crippen LogP contribution in [0.2, 0.25) is 0 Å². The normalized spacial score (nSPS) is 14.7. The van der Waals surface area contributed by atoms with Crippen LogP contribution < -0.4 is 5.73 Å². The molecule has 0 bridgehead atoms. The van der Waals surface area contributed by atoms with Crippen LogP contribution >= 0.6 is 11.3 Å². The number of aromatic nitrogens is 3. The molecule has 1 aliphatic heterocycles. The number of benzene rings is 2. The zero-order chi connectivity index (χ0) is 21.9. The van der Waals surface area contributed by atoms with E-state index in [0.717, 1.165) is 21.1 Å². The number of nitrogens with two attached hydrogens (primary N) is 1. The predicted molar refractivity (Wildman–Crippen MR) is 125 cm³/mol. The fourth-order valence-electron chi connectivity index (χ4n) is 3.47. The third-order valence-electron chi connectivity index (χ3n) is 5.19. The number of aliphatic imine (C=N–C) groups is 1. The summed E-state index contributed by atoms with van der Waals surface area (Å²) in [6, 6.07) is 18.8. The minimum absolute atomic E-state index is 0.130. The second kappa shape index (κ2) is 8.89. The zero-order valence-electron chi connectivity index (χ0n) is 17.6. The smallest absolute Gasteiger partial charge is 0.346 e. The molecule has 0 amide bonds. The fraction of sp³-hybridized carbons (Fsp3) is 0.217. The Hall–Kier alpha value is -3.56. The fourth-order valence-corrected chi connectivity index (χ4v) is 4.46. The van der Waals surface area contributed by atoms with Gasteiger partial charge in [0.15, 0.2) is 0 Å². The largest absolute Gasteiger partial charge is 0.401 e. The van der Waals surface area contributed by atoms with Gasteiger partial charge in [-0.25, -0.2) is 4.98 Å². The molecule has 8 nitrogen and oxygen atoms in total. The number of hydrogen-bond acceptors (Lipinski definition) is 7. The zero-order valence-corrected chi connectivity index (χ0v) is 18.4. The third-order valence-corrected chi connectivity index (χ3v) is 6.38. The summed E-state index contributed by atoms with van der Waals surface area (Å²) < 4.78 is 11.1. The van der Waals surface area contributed by atoms with E-state index in [1.165, 1.54) is 22.5 Å². The number of aryl methyl sites for hydroxylation is 1. The highest BCUT2D eigenvalue weighted by atomic mass is 32.1. The predicted octanol–water partition coefficient (Wildman–Crippen LogP) is 4.11. The summed E-state index contributed by atoms with van der Waals surface area (Å²) in [6.45, 7) is 4.57. The van der Waals surface area contributed by atoms with Crippen LogP contribution in [0.4, 0.5) is 6.01 Å². The van der Waals surface area contributed by atoms with Crippen LogP contribution in [0.5, 0.6) is 0 Å². The first kappa shape index (κ1) is 20.3. The van der Waals surface area contributed by atoms with E-state index in [2.05, 4.69) is 51.6 Å². The van der Waals surface area contributed by atoms with Crippen molar-refractivity contribution < 1.29 is 9.15 Å². The van der Waals surface area contributed by atoms with Gasteiger partial charge in [0.25, 0.3) is 5.89 Å². The first-order valence-corrected chi connectivity index (χ1v) is 11.1. The van der Waals surface area contributed by atoms with Gasteiger partial charge in [0.05, 0.1) is 18.9 Å².